The van der Waals surface area contributed by atoms with Gasteiger partial charge >= 0.3 is 0 Å². The van der Waals surface area contributed by atoms with E-state index in [9.17, 15) is 14.4 Å². The smallest absolute Gasteiger partial charge is 0.245 e. The molecule has 0 radical (unpaired) electrons. The number of hydrogen-bond acceptors (Lipinski definition) is 5. The third-order valence-electron chi connectivity index (χ3n) is 11.0. The lowest BCUT2D eigenvalue weighted by Crippen LogP contribution is -2.54. The molecule has 4 aliphatic rings. The molecule has 0 aromatic heterocycles. The highest BCUT2D eigenvalue weighted by molar-refractivity contribution is 6.30. The van der Waals surface area contributed by atoms with Crippen molar-refractivity contribution in [3.8, 4) is 0 Å². The van der Waals surface area contributed by atoms with Gasteiger partial charge in [-0.05, 0) is 76.0 Å². The summed E-state index contributed by atoms with van der Waals surface area (Å²) in [6.07, 6.45) is 4.49. The molecule has 3 saturated heterocycles. The summed E-state index contributed by atoms with van der Waals surface area (Å²) in [5.74, 6) is -0.195. The summed E-state index contributed by atoms with van der Waals surface area (Å²) >= 11 is 6.26. The molecule has 4 fully saturated rings. The molecule has 4 atom stereocenters. The lowest BCUT2D eigenvalue weighted by molar-refractivity contribution is -0.148. The summed E-state index contributed by atoms with van der Waals surface area (Å²) in [4.78, 5) is 51.7. The van der Waals surface area contributed by atoms with Gasteiger partial charge in [-0.1, -0.05) is 58.4 Å². The van der Waals surface area contributed by atoms with E-state index >= 15 is 0 Å². The predicted octanol–water partition coefficient (Wildman–Crippen LogP) is 6.25. The Bertz CT molecular complexity index is 1260. The van der Waals surface area contributed by atoms with Gasteiger partial charge in [0.05, 0.1) is 25.2 Å². The molecule has 3 heterocycles. The molecule has 1 saturated carbocycles. The van der Waals surface area contributed by atoms with Crippen molar-refractivity contribution in [3.05, 3.63) is 34.9 Å². The molecule has 0 unspecified atom stereocenters. The van der Waals surface area contributed by atoms with E-state index < -0.39 is 11.5 Å². The van der Waals surface area contributed by atoms with Gasteiger partial charge in [-0.15, -0.1) is 12.4 Å². The average molecular weight is 694 g/mol. The monoisotopic (exact) mass is 692 g/mol. The van der Waals surface area contributed by atoms with E-state index in [0.717, 1.165) is 37.8 Å². The van der Waals surface area contributed by atoms with Crippen LogP contribution < -0.4 is 0 Å². The van der Waals surface area contributed by atoms with Crippen LogP contribution in [0.3, 0.4) is 0 Å². The molecule has 3 aliphatic heterocycles. The molecule has 8 nitrogen and oxygen atoms in total. The molecule has 47 heavy (non-hydrogen) atoms. The Morgan fingerprint density at radius 2 is 1.47 bits per heavy atom. The molecular weight excluding hydrogens is 635 g/mol. The van der Waals surface area contributed by atoms with E-state index in [-0.39, 0.29) is 65.0 Å². The maximum absolute atomic E-state index is 14.9. The minimum absolute atomic E-state index is 0. The number of ether oxygens (including phenoxy) is 1. The van der Waals surface area contributed by atoms with Crippen molar-refractivity contribution in [1.82, 2.24) is 19.6 Å². The normalized spacial score (nSPS) is 27.4. The molecule has 1 aromatic rings. The fraction of sp³-hybridized carbons (Fsp3) is 0.757. The van der Waals surface area contributed by atoms with Crippen molar-refractivity contribution in [2.45, 2.75) is 117 Å². The summed E-state index contributed by atoms with van der Waals surface area (Å²) < 4.78 is 5.57. The Kier molecular flexibility index (Phi) is 11.7. The van der Waals surface area contributed by atoms with Crippen LogP contribution in [0.1, 0.15) is 99.0 Å². The van der Waals surface area contributed by atoms with Crippen LogP contribution in [0.4, 0.5) is 0 Å². The Morgan fingerprint density at radius 3 is 2.02 bits per heavy atom. The highest BCUT2D eigenvalue weighted by atomic mass is 35.5. The molecule has 0 N–H and O–H groups in total. The zero-order chi connectivity index (χ0) is 33.6. The first kappa shape index (κ1) is 37.9. The van der Waals surface area contributed by atoms with Gasteiger partial charge in [0.1, 0.15) is 6.04 Å². The summed E-state index contributed by atoms with van der Waals surface area (Å²) in [5.41, 5.74) is 0.681. The van der Waals surface area contributed by atoms with E-state index in [1.165, 1.54) is 0 Å². The second kappa shape index (κ2) is 14.5. The number of morpholine rings is 1. The van der Waals surface area contributed by atoms with Crippen molar-refractivity contribution in [2.24, 2.45) is 16.7 Å². The van der Waals surface area contributed by atoms with Crippen molar-refractivity contribution in [2.75, 3.05) is 45.9 Å². The molecule has 5 rings (SSSR count). The van der Waals surface area contributed by atoms with Crippen molar-refractivity contribution >= 4 is 41.7 Å². The Morgan fingerprint density at radius 1 is 0.872 bits per heavy atom. The topological polar surface area (TPSA) is 73.4 Å². The zero-order valence-corrected chi connectivity index (χ0v) is 31.5. The van der Waals surface area contributed by atoms with Crippen LogP contribution in [0.15, 0.2) is 24.3 Å². The van der Waals surface area contributed by atoms with Gasteiger partial charge in [0.15, 0.2) is 0 Å². The summed E-state index contributed by atoms with van der Waals surface area (Å²) in [6.45, 7) is 21.0. The van der Waals surface area contributed by atoms with Crippen molar-refractivity contribution in [3.63, 3.8) is 0 Å². The second-order valence-corrected chi connectivity index (χ2v) is 17.5. The van der Waals surface area contributed by atoms with Gasteiger partial charge in [0, 0.05) is 60.7 Å². The van der Waals surface area contributed by atoms with Crippen molar-refractivity contribution < 1.29 is 19.1 Å². The van der Waals surface area contributed by atoms with E-state index in [1.807, 2.05) is 54.8 Å². The number of rotatable bonds is 5. The lowest BCUT2D eigenvalue weighted by atomic mass is 9.74. The van der Waals surface area contributed by atoms with Crippen LogP contribution in [0.25, 0.3) is 0 Å². The number of carbonyl (C=O) groups excluding carboxylic acids is 3. The summed E-state index contributed by atoms with van der Waals surface area (Å²) in [6, 6.07) is 7.19. The summed E-state index contributed by atoms with van der Waals surface area (Å²) in [7, 11) is 0. The largest absolute Gasteiger partial charge is 0.378 e. The number of carbonyl (C=O) groups is 3. The number of likely N-dealkylation sites (tertiary alicyclic amines) is 2. The van der Waals surface area contributed by atoms with Gasteiger partial charge in [-0.3, -0.25) is 19.3 Å². The van der Waals surface area contributed by atoms with Crippen LogP contribution in [0.2, 0.25) is 5.02 Å². The summed E-state index contributed by atoms with van der Waals surface area (Å²) in [5, 5.41) is 0.672. The van der Waals surface area contributed by atoms with E-state index in [1.54, 1.807) is 0 Å². The first-order valence-electron chi connectivity index (χ1n) is 17.5. The SMILES string of the molecule is CC1(C)CCC(N(C(=O)C(C)(C)C)[C@H]2C[C@@H](C(=O)N3CCOCC3)N(C(=O)[C@@H]3CN(C(C)(C)C)C[C@H]3c3ccc(Cl)cc3)C2)CC1.Cl. The van der Waals surface area contributed by atoms with E-state index in [2.05, 4.69) is 44.4 Å². The minimum Gasteiger partial charge on any atom is -0.378 e. The first-order chi connectivity index (χ1) is 21.5. The van der Waals surface area contributed by atoms with Crippen LogP contribution in [-0.2, 0) is 19.1 Å². The molecule has 0 spiro atoms. The minimum atomic E-state index is -0.597. The fourth-order valence-electron chi connectivity index (χ4n) is 8.03. The van der Waals surface area contributed by atoms with Gasteiger partial charge < -0.3 is 19.4 Å². The standard InChI is InChI=1S/C37H57ClN4O4.ClH/c1-35(2,3)34(45)42(27-13-15-37(7,8)16-14-27)28-21-31(33(44)39-17-19-46-20-18-39)41(22-28)32(43)30-24-40(36(4,5)6)23-29(30)25-9-11-26(38)12-10-25;/h9-12,27-31H,13-24H2,1-8H3;1H/t28-,29-,30+,31-;/m0./s1. The second-order valence-electron chi connectivity index (χ2n) is 17.0. The first-order valence-corrected chi connectivity index (χ1v) is 17.8. The Balaban J connectivity index is 0.00000500. The molecule has 1 aromatic carbocycles. The molecular formula is C37H58Cl2N4O4. The number of nitrogens with zero attached hydrogens (tertiary/aromatic N) is 4. The molecule has 1 aliphatic carbocycles. The number of benzene rings is 1. The quantitative estimate of drug-likeness (QED) is 0.365. The predicted molar refractivity (Wildman–Crippen MR) is 190 cm³/mol. The van der Waals surface area contributed by atoms with Crippen LogP contribution >= 0.6 is 24.0 Å². The van der Waals surface area contributed by atoms with E-state index in [0.29, 0.717) is 50.8 Å². The Hall–Kier alpha value is -1.87. The van der Waals surface area contributed by atoms with E-state index in [4.69, 9.17) is 16.3 Å². The van der Waals surface area contributed by atoms with Crippen LogP contribution in [-0.4, -0.2) is 107 Å². The van der Waals surface area contributed by atoms with Gasteiger partial charge in [-0.2, -0.15) is 0 Å². The maximum Gasteiger partial charge on any atom is 0.245 e. The lowest BCUT2D eigenvalue weighted by Gasteiger charge is -2.45. The third kappa shape index (κ3) is 8.48. The fourth-order valence-corrected chi connectivity index (χ4v) is 8.16. The number of hydrogen-bond donors (Lipinski definition) is 0. The highest BCUT2D eigenvalue weighted by Gasteiger charge is 2.51. The number of amides is 3. The average Bonchev–Trinajstić information content (AvgIpc) is 3.64. The van der Waals surface area contributed by atoms with Crippen LogP contribution in [0.5, 0.6) is 0 Å². The van der Waals surface area contributed by atoms with Crippen LogP contribution in [0, 0.1) is 16.7 Å². The Labute approximate surface area is 294 Å². The maximum atomic E-state index is 14.9. The highest BCUT2D eigenvalue weighted by Crippen LogP contribution is 2.42. The van der Waals surface area contributed by atoms with Gasteiger partial charge in [-0.25, -0.2) is 0 Å². The number of halogens is 2. The van der Waals surface area contributed by atoms with Gasteiger partial charge in [0.25, 0.3) is 0 Å². The molecule has 0 bridgehead atoms. The zero-order valence-electron chi connectivity index (χ0n) is 29.9. The van der Waals surface area contributed by atoms with Crippen molar-refractivity contribution in [1.29, 1.82) is 0 Å². The molecule has 3 amide bonds. The third-order valence-corrected chi connectivity index (χ3v) is 11.3. The molecule has 264 valence electrons. The molecule has 10 heteroatoms. The van der Waals surface area contributed by atoms with Gasteiger partial charge in [0.2, 0.25) is 17.7 Å².